The molecule has 0 bridgehead atoms. The fraction of sp³-hybridized carbons (Fsp3) is 0.217. The van der Waals surface area contributed by atoms with Crippen LogP contribution in [-0.4, -0.2) is 25.7 Å². The van der Waals surface area contributed by atoms with E-state index in [9.17, 15) is 4.79 Å². The van der Waals surface area contributed by atoms with Crippen LogP contribution in [0.4, 0.5) is 5.69 Å². The molecule has 4 rings (SSSR count). The lowest BCUT2D eigenvalue weighted by Gasteiger charge is -2.10. The van der Waals surface area contributed by atoms with Crippen LogP contribution < -0.4 is 5.32 Å². The number of carbonyl (C=O) groups is 1. The molecular weight excluding hydrogens is 362 g/mol. The first-order valence-corrected chi connectivity index (χ1v) is 9.68. The van der Waals surface area contributed by atoms with Gasteiger partial charge in [-0.2, -0.15) is 5.10 Å². The second kappa shape index (κ2) is 7.47. The van der Waals surface area contributed by atoms with Gasteiger partial charge in [-0.25, -0.2) is 4.52 Å². The summed E-state index contributed by atoms with van der Waals surface area (Å²) in [6.07, 6.45) is 0.761. The molecule has 0 aliphatic rings. The van der Waals surface area contributed by atoms with Gasteiger partial charge in [-0.3, -0.25) is 4.79 Å². The highest BCUT2D eigenvalue weighted by Crippen LogP contribution is 2.28. The normalized spacial score (nSPS) is 11.0. The van der Waals surface area contributed by atoms with Crippen molar-refractivity contribution in [2.45, 2.75) is 34.1 Å². The Morgan fingerprint density at radius 1 is 1.03 bits per heavy atom. The molecule has 1 amide bonds. The zero-order valence-electron chi connectivity index (χ0n) is 17.0. The number of fused-ring (bicyclic) bond motifs is 1. The van der Waals surface area contributed by atoms with Crippen LogP contribution in [0.5, 0.6) is 0 Å². The SMILES string of the molecule is CCc1nn2c(C)c(C(=O)Nc3ccc(C)cc3C)nnc2c1-c1ccccc1. The van der Waals surface area contributed by atoms with Gasteiger partial charge in [0.2, 0.25) is 0 Å². The minimum Gasteiger partial charge on any atom is -0.320 e. The lowest BCUT2D eigenvalue weighted by atomic mass is 10.0. The quantitative estimate of drug-likeness (QED) is 0.560. The minimum atomic E-state index is -0.293. The summed E-state index contributed by atoms with van der Waals surface area (Å²) in [6, 6.07) is 15.9. The highest BCUT2D eigenvalue weighted by Gasteiger charge is 2.21. The summed E-state index contributed by atoms with van der Waals surface area (Å²) in [5, 5.41) is 16.3. The van der Waals surface area contributed by atoms with E-state index in [1.807, 2.05) is 69.3 Å². The number of aromatic nitrogens is 4. The number of nitrogens with zero attached hydrogens (tertiary/aromatic N) is 4. The van der Waals surface area contributed by atoms with Crippen LogP contribution in [0.2, 0.25) is 0 Å². The monoisotopic (exact) mass is 385 g/mol. The highest BCUT2D eigenvalue weighted by atomic mass is 16.2. The van der Waals surface area contributed by atoms with Gasteiger partial charge < -0.3 is 5.32 Å². The molecule has 0 saturated heterocycles. The van der Waals surface area contributed by atoms with Crippen LogP contribution in [0, 0.1) is 20.8 Å². The van der Waals surface area contributed by atoms with Crippen molar-refractivity contribution >= 4 is 17.2 Å². The fourth-order valence-corrected chi connectivity index (χ4v) is 3.54. The Labute approximate surface area is 169 Å². The Morgan fingerprint density at radius 3 is 2.48 bits per heavy atom. The topological polar surface area (TPSA) is 72.2 Å². The van der Waals surface area contributed by atoms with Gasteiger partial charge in [-0.1, -0.05) is 55.0 Å². The first-order chi connectivity index (χ1) is 14.0. The first kappa shape index (κ1) is 18.8. The lowest BCUT2D eigenvalue weighted by molar-refractivity contribution is 0.102. The number of anilines is 1. The second-order valence-electron chi connectivity index (χ2n) is 7.18. The zero-order valence-corrected chi connectivity index (χ0v) is 17.0. The van der Waals surface area contributed by atoms with Crippen molar-refractivity contribution in [1.29, 1.82) is 0 Å². The molecule has 4 aromatic rings. The zero-order chi connectivity index (χ0) is 20.5. The maximum absolute atomic E-state index is 12.9. The average Bonchev–Trinajstić information content (AvgIpc) is 3.10. The van der Waals surface area contributed by atoms with Gasteiger partial charge in [0.05, 0.1) is 17.0 Å². The summed E-state index contributed by atoms with van der Waals surface area (Å²) in [5.41, 5.74) is 7.44. The van der Waals surface area contributed by atoms with E-state index in [-0.39, 0.29) is 11.6 Å². The first-order valence-electron chi connectivity index (χ1n) is 9.68. The molecule has 0 unspecified atom stereocenters. The third-order valence-electron chi connectivity index (χ3n) is 5.08. The predicted octanol–water partition coefficient (Wildman–Crippen LogP) is 4.53. The Bertz CT molecular complexity index is 1210. The number of nitrogens with one attached hydrogen (secondary N) is 1. The van der Waals surface area contributed by atoms with E-state index in [1.54, 1.807) is 4.52 Å². The summed E-state index contributed by atoms with van der Waals surface area (Å²) >= 11 is 0. The summed E-state index contributed by atoms with van der Waals surface area (Å²) in [4.78, 5) is 12.9. The van der Waals surface area contributed by atoms with E-state index in [0.29, 0.717) is 11.3 Å². The predicted molar refractivity (Wildman–Crippen MR) is 114 cm³/mol. The summed E-state index contributed by atoms with van der Waals surface area (Å²) in [5.74, 6) is -0.293. The van der Waals surface area contributed by atoms with Gasteiger partial charge in [0.25, 0.3) is 5.91 Å². The van der Waals surface area contributed by atoms with Gasteiger partial charge in [-0.05, 0) is 44.4 Å². The number of benzene rings is 2. The molecule has 0 spiro atoms. The molecule has 2 aromatic carbocycles. The van der Waals surface area contributed by atoms with Crippen LogP contribution in [0.25, 0.3) is 16.8 Å². The highest BCUT2D eigenvalue weighted by molar-refractivity contribution is 6.04. The van der Waals surface area contributed by atoms with E-state index >= 15 is 0 Å². The van der Waals surface area contributed by atoms with Gasteiger partial charge in [0.15, 0.2) is 11.3 Å². The molecule has 0 aliphatic heterocycles. The van der Waals surface area contributed by atoms with Gasteiger partial charge in [-0.15, -0.1) is 10.2 Å². The van der Waals surface area contributed by atoms with Gasteiger partial charge >= 0.3 is 0 Å². The van der Waals surface area contributed by atoms with Crippen molar-refractivity contribution in [3.05, 3.63) is 76.7 Å². The molecule has 0 aliphatic carbocycles. The van der Waals surface area contributed by atoms with Crippen molar-refractivity contribution in [2.75, 3.05) is 5.32 Å². The number of hydrogen-bond donors (Lipinski definition) is 1. The van der Waals surface area contributed by atoms with E-state index in [2.05, 4.69) is 22.4 Å². The number of hydrogen-bond acceptors (Lipinski definition) is 4. The molecule has 0 fully saturated rings. The lowest BCUT2D eigenvalue weighted by Crippen LogP contribution is -2.19. The Kier molecular flexibility index (Phi) is 4.84. The molecule has 0 atom stereocenters. The average molecular weight is 385 g/mol. The third kappa shape index (κ3) is 3.38. The van der Waals surface area contributed by atoms with Crippen LogP contribution in [0.3, 0.4) is 0 Å². The molecular formula is C23H23N5O. The van der Waals surface area contributed by atoms with Gasteiger partial charge in [0.1, 0.15) is 0 Å². The Hall–Kier alpha value is -3.54. The maximum atomic E-state index is 12.9. The Balaban J connectivity index is 1.77. The summed E-state index contributed by atoms with van der Waals surface area (Å²) < 4.78 is 1.73. The van der Waals surface area contributed by atoms with Crippen molar-refractivity contribution < 1.29 is 4.79 Å². The molecule has 6 nitrogen and oxygen atoms in total. The fourth-order valence-electron chi connectivity index (χ4n) is 3.54. The largest absolute Gasteiger partial charge is 0.320 e. The van der Waals surface area contributed by atoms with Gasteiger partial charge in [0, 0.05) is 5.69 Å². The van der Waals surface area contributed by atoms with Crippen molar-refractivity contribution in [3.8, 4) is 11.1 Å². The number of rotatable bonds is 4. The third-order valence-corrected chi connectivity index (χ3v) is 5.08. The smallest absolute Gasteiger partial charge is 0.278 e. The van der Waals surface area contributed by atoms with E-state index in [0.717, 1.165) is 40.1 Å². The molecule has 146 valence electrons. The molecule has 2 heterocycles. The molecule has 1 N–H and O–H groups in total. The van der Waals surface area contributed by atoms with Crippen LogP contribution >= 0.6 is 0 Å². The summed E-state index contributed by atoms with van der Waals surface area (Å²) in [7, 11) is 0. The standard InChI is InChI=1S/C23H23N5O/c1-5-18-20(17-9-7-6-8-10-17)22-26-25-21(16(4)28(22)27-18)23(29)24-19-12-11-14(2)13-15(19)3/h6-13H,5H2,1-4H3,(H,24,29). The van der Waals surface area contributed by atoms with E-state index < -0.39 is 0 Å². The number of aryl methyl sites for hydroxylation is 4. The van der Waals surface area contributed by atoms with Crippen LogP contribution in [-0.2, 0) is 6.42 Å². The number of amides is 1. The number of carbonyl (C=O) groups excluding carboxylic acids is 1. The molecule has 29 heavy (non-hydrogen) atoms. The van der Waals surface area contributed by atoms with E-state index in [1.165, 1.54) is 0 Å². The maximum Gasteiger partial charge on any atom is 0.278 e. The van der Waals surface area contributed by atoms with Crippen LogP contribution in [0.1, 0.15) is 39.9 Å². The molecule has 0 radical (unpaired) electrons. The van der Waals surface area contributed by atoms with Crippen molar-refractivity contribution in [2.24, 2.45) is 0 Å². The minimum absolute atomic E-state index is 0.266. The molecule has 2 aromatic heterocycles. The Morgan fingerprint density at radius 2 is 1.79 bits per heavy atom. The second-order valence-corrected chi connectivity index (χ2v) is 7.18. The molecule has 0 saturated carbocycles. The van der Waals surface area contributed by atoms with Crippen molar-refractivity contribution in [1.82, 2.24) is 19.8 Å². The van der Waals surface area contributed by atoms with Crippen molar-refractivity contribution in [3.63, 3.8) is 0 Å². The van der Waals surface area contributed by atoms with E-state index in [4.69, 9.17) is 5.10 Å². The summed E-state index contributed by atoms with van der Waals surface area (Å²) in [6.45, 7) is 7.90. The molecule has 6 heteroatoms. The van der Waals surface area contributed by atoms with Crippen LogP contribution in [0.15, 0.2) is 48.5 Å².